The lowest BCUT2D eigenvalue weighted by molar-refractivity contribution is -0.139. The van der Waals surface area contributed by atoms with Gasteiger partial charge in [-0.15, -0.1) is 0 Å². The molecule has 7 nitrogen and oxygen atoms in total. The molecule has 0 saturated carbocycles. The van der Waals surface area contributed by atoms with Gasteiger partial charge in [0.25, 0.3) is 10.0 Å². The number of hydrogen-bond donors (Lipinski definition) is 1. The molecule has 0 unspecified atom stereocenters. The van der Waals surface area contributed by atoms with E-state index >= 15 is 0 Å². The van der Waals surface area contributed by atoms with Crippen LogP contribution in [0.4, 0.5) is 5.69 Å². The van der Waals surface area contributed by atoms with Crippen molar-refractivity contribution in [2.75, 3.05) is 23.9 Å². The van der Waals surface area contributed by atoms with Crippen LogP contribution in [0.25, 0.3) is 0 Å². The summed E-state index contributed by atoms with van der Waals surface area (Å²) in [4.78, 5) is 28.9. The monoisotopic (exact) mass is 563 g/mol. The number of carbonyl (C=O) groups excluding carboxylic acids is 2. The quantitative estimate of drug-likeness (QED) is 0.313. The van der Waals surface area contributed by atoms with Gasteiger partial charge in [-0.25, -0.2) is 8.42 Å². The van der Waals surface area contributed by atoms with E-state index in [9.17, 15) is 18.0 Å². The molecule has 2 amide bonds. The number of aryl methyl sites for hydroxylation is 2. The minimum atomic E-state index is -4.07. The summed E-state index contributed by atoms with van der Waals surface area (Å²) >= 11 is 0. The van der Waals surface area contributed by atoms with E-state index in [1.165, 1.54) is 4.90 Å². The third-order valence-corrected chi connectivity index (χ3v) is 8.55. The van der Waals surface area contributed by atoms with Gasteiger partial charge in [-0.1, -0.05) is 86.5 Å². The van der Waals surface area contributed by atoms with Crippen LogP contribution in [-0.4, -0.2) is 50.8 Å². The maximum absolute atomic E-state index is 14.0. The predicted molar refractivity (Wildman–Crippen MR) is 161 cm³/mol. The Balaban J connectivity index is 1.99. The van der Waals surface area contributed by atoms with Gasteiger partial charge in [0.1, 0.15) is 12.6 Å². The van der Waals surface area contributed by atoms with Crippen LogP contribution in [0.15, 0.2) is 83.8 Å². The molecule has 0 spiro atoms. The van der Waals surface area contributed by atoms with Crippen LogP contribution < -0.4 is 9.62 Å². The molecule has 0 radical (unpaired) electrons. The Kier molecular flexibility index (Phi) is 10.9. The number of hydrogen-bond acceptors (Lipinski definition) is 4. The van der Waals surface area contributed by atoms with E-state index in [0.29, 0.717) is 25.1 Å². The van der Waals surface area contributed by atoms with Crippen molar-refractivity contribution in [2.24, 2.45) is 5.92 Å². The van der Waals surface area contributed by atoms with Crippen molar-refractivity contribution in [1.29, 1.82) is 0 Å². The van der Waals surface area contributed by atoms with Crippen LogP contribution in [0.3, 0.4) is 0 Å². The van der Waals surface area contributed by atoms with E-state index in [0.717, 1.165) is 21.0 Å². The first-order valence-electron chi connectivity index (χ1n) is 13.8. The van der Waals surface area contributed by atoms with Gasteiger partial charge in [0.2, 0.25) is 11.8 Å². The fourth-order valence-electron chi connectivity index (χ4n) is 4.40. The van der Waals surface area contributed by atoms with Gasteiger partial charge in [-0.05, 0) is 62.4 Å². The summed E-state index contributed by atoms with van der Waals surface area (Å²) in [5.74, 6) is -0.411. The molecule has 0 aliphatic heterocycles. The molecular formula is C32H41N3O4S. The summed E-state index contributed by atoms with van der Waals surface area (Å²) in [6, 6.07) is 22.6. The van der Waals surface area contributed by atoms with Crippen molar-refractivity contribution in [1.82, 2.24) is 10.2 Å². The number of amides is 2. The molecule has 8 heteroatoms. The first-order valence-corrected chi connectivity index (χ1v) is 15.2. The third kappa shape index (κ3) is 8.18. The Morgan fingerprint density at radius 2 is 1.43 bits per heavy atom. The van der Waals surface area contributed by atoms with Crippen molar-refractivity contribution < 1.29 is 18.0 Å². The molecule has 214 valence electrons. The fraction of sp³-hybridized carbons (Fsp3) is 0.375. The number of nitrogens with zero attached hydrogens (tertiary/aromatic N) is 2. The number of anilines is 1. The number of sulfonamides is 1. The van der Waals surface area contributed by atoms with Crippen LogP contribution >= 0.6 is 0 Å². The van der Waals surface area contributed by atoms with Crippen LogP contribution in [0.5, 0.6) is 0 Å². The summed E-state index contributed by atoms with van der Waals surface area (Å²) in [6.07, 6.45) is 0.940. The van der Waals surface area contributed by atoms with Crippen molar-refractivity contribution in [3.8, 4) is 0 Å². The highest BCUT2D eigenvalue weighted by Crippen LogP contribution is 2.25. The van der Waals surface area contributed by atoms with E-state index in [2.05, 4.69) is 5.32 Å². The van der Waals surface area contributed by atoms with E-state index in [1.807, 2.05) is 77.1 Å². The molecule has 3 aromatic carbocycles. The zero-order chi connectivity index (χ0) is 29.3. The van der Waals surface area contributed by atoms with Crippen molar-refractivity contribution >= 4 is 27.5 Å². The first-order chi connectivity index (χ1) is 19.0. The van der Waals surface area contributed by atoms with Gasteiger partial charge >= 0.3 is 0 Å². The van der Waals surface area contributed by atoms with E-state index in [1.54, 1.807) is 36.4 Å². The molecule has 0 fully saturated rings. The van der Waals surface area contributed by atoms with Crippen molar-refractivity contribution in [2.45, 2.75) is 58.4 Å². The van der Waals surface area contributed by atoms with Gasteiger partial charge < -0.3 is 10.2 Å². The lowest BCUT2D eigenvalue weighted by Crippen LogP contribution is -2.53. The Bertz CT molecular complexity index is 1360. The summed E-state index contributed by atoms with van der Waals surface area (Å²) in [7, 11) is -4.07. The second-order valence-corrected chi connectivity index (χ2v) is 12.4. The Labute approximate surface area is 239 Å². The minimum absolute atomic E-state index is 0.101. The Morgan fingerprint density at radius 1 is 0.850 bits per heavy atom. The summed E-state index contributed by atoms with van der Waals surface area (Å²) in [6.45, 7) is 10.0. The molecule has 0 aromatic heterocycles. The van der Waals surface area contributed by atoms with E-state index < -0.39 is 28.5 Å². The molecule has 3 rings (SSSR count). The predicted octanol–water partition coefficient (Wildman–Crippen LogP) is 5.12. The lowest BCUT2D eigenvalue weighted by atomic mass is 10.1. The molecule has 0 aliphatic carbocycles. The number of rotatable bonds is 13. The van der Waals surface area contributed by atoms with Crippen LogP contribution in [0.2, 0.25) is 0 Å². The summed E-state index contributed by atoms with van der Waals surface area (Å²) < 4.78 is 28.9. The van der Waals surface area contributed by atoms with E-state index in [4.69, 9.17) is 0 Å². The molecule has 1 N–H and O–H groups in total. The van der Waals surface area contributed by atoms with Gasteiger partial charge in [-0.2, -0.15) is 0 Å². The van der Waals surface area contributed by atoms with Crippen LogP contribution in [0, 0.1) is 19.8 Å². The highest BCUT2D eigenvalue weighted by Gasteiger charge is 2.33. The maximum Gasteiger partial charge on any atom is 0.264 e. The van der Waals surface area contributed by atoms with Gasteiger partial charge in [0, 0.05) is 13.1 Å². The first kappa shape index (κ1) is 30.9. The topological polar surface area (TPSA) is 86.8 Å². The summed E-state index contributed by atoms with van der Waals surface area (Å²) in [5, 5.41) is 2.95. The molecule has 0 heterocycles. The molecular weight excluding hydrogens is 522 g/mol. The fourth-order valence-corrected chi connectivity index (χ4v) is 5.81. The molecule has 3 aromatic rings. The molecule has 1 atom stereocenters. The maximum atomic E-state index is 14.0. The molecule has 0 saturated heterocycles. The number of nitrogens with one attached hydrogen (secondary N) is 1. The second kappa shape index (κ2) is 14.1. The highest BCUT2D eigenvalue weighted by atomic mass is 32.2. The van der Waals surface area contributed by atoms with Gasteiger partial charge in [0.15, 0.2) is 0 Å². The zero-order valence-corrected chi connectivity index (χ0v) is 24.9. The number of benzene rings is 3. The zero-order valence-electron chi connectivity index (χ0n) is 24.1. The Morgan fingerprint density at radius 3 is 1.98 bits per heavy atom. The highest BCUT2D eigenvalue weighted by molar-refractivity contribution is 7.92. The average Bonchev–Trinajstić information content (AvgIpc) is 2.93. The van der Waals surface area contributed by atoms with Crippen LogP contribution in [-0.2, 0) is 26.0 Å². The average molecular weight is 564 g/mol. The van der Waals surface area contributed by atoms with Gasteiger partial charge in [0.05, 0.1) is 10.6 Å². The molecule has 0 aliphatic rings. The summed E-state index contributed by atoms with van der Waals surface area (Å²) in [5.41, 5.74) is 3.32. The molecule has 40 heavy (non-hydrogen) atoms. The molecule has 0 bridgehead atoms. The standard InChI is InChI=1S/C32H41N3O4S/c1-6-30(32(37)33-22-24(2)3)34(21-20-27-10-8-7-9-11-27)31(36)23-35(28-16-12-25(4)13-17-28)40(38,39)29-18-14-26(5)15-19-29/h7-19,24,30H,6,20-23H2,1-5H3,(H,33,37)/t30-/m0/s1. The van der Waals surface area contributed by atoms with Crippen molar-refractivity contribution in [3.63, 3.8) is 0 Å². The smallest absolute Gasteiger partial charge is 0.264 e. The van der Waals surface area contributed by atoms with Crippen molar-refractivity contribution in [3.05, 3.63) is 95.6 Å². The normalized spacial score (nSPS) is 12.2. The Hall–Kier alpha value is -3.65. The number of carbonyl (C=O) groups is 2. The SMILES string of the molecule is CC[C@@H](C(=O)NCC(C)C)N(CCc1ccccc1)C(=O)CN(c1ccc(C)cc1)S(=O)(=O)c1ccc(C)cc1. The van der Waals surface area contributed by atoms with Crippen LogP contribution in [0.1, 0.15) is 43.9 Å². The largest absolute Gasteiger partial charge is 0.354 e. The third-order valence-electron chi connectivity index (χ3n) is 6.76. The minimum Gasteiger partial charge on any atom is -0.354 e. The lowest BCUT2D eigenvalue weighted by Gasteiger charge is -2.33. The van der Waals surface area contributed by atoms with E-state index in [-0.39, 0.29) is 23.3 Å². The second-order valence-electron chi connectivity index (χ2n) is 10.5. The van der Waals surface area contributed by atoms with Gasteiger partial charge in [-0.3, -0.25) is 13.9 Å².